The SMILES string of the molecule is C=C(c1ccc(CC)cc1)C1(C)CC1CCN(C)C. The molecule has 1 fully saturated rings. The van der Waals surface area contributed by atoms with Gasteiger partial charge in [-0.2, -0.15) is 0 Å². The molecule has 0 saturated heterocycles. The molecule has 1 aliphatic rings. The number of hydrogen-bond donors (Lipinski definition) is 0. The molecule has 0 aliphatic heterocycles. The summed E-state index contributed by atoms with van der Waals surface area (Å²) in [7, 11) is 4.30. The van der Waals surface area contributed by atoms with Crippen LogP contribution in [0.25, 0.3) is 5.57 Å². The first-order chi connectivity index (χ1) is 8.97. The molecule has 1 aromatic rings. The molecular formula is C18H27N. The lowest BCUT2D eigenvalue weighted by atomic mass is 9.89. The molecule has 0 bridgehead atoms. The Kier molecular flexibility index (Phi) is 4.15. The van der Waals surface area contributed by atoms with Gasteiger partial charge in [-0.15, -0.1) is 0 Å². The van der Waals surface area contributed by atoms with Crippen molar-refractivity contribution < 1.29 is 0 Å². The van der Waals surface area contributed by atoms with Crippen molar-refractivity contribution in [3.05, 3.63) is 42.0 Å². The van der Waals surface area contributed by atoms with Gasteiger partial charge in [-0.05, 0) is 67.9 Å². The Hall–Kier alpha value is -1.08. The van der Waals surface area contributed by atoms with Crippen LogP contribution in [0.3, 0.4) is 0 Å². The van der Waals surface area contributed by atoms with Crippen molar-refractivity contribution in [2.45, 2.75) is 33.1 Å². The van der Waals surface area contributed by atoms with Gasteiger partial charge < -0.3 is 4.90 Å². The zero-order chi connectivity index (χ0) is 14.0. The van der Waals surface area contributed by atoms with Crippen molar-refractivity contribution in [3.63, 3.8) is 0 Å². The molecule has 0 N–H and O–H groups in total. The highest BCUT2D eigenvalue weighted by Gasteiger charge is 2.51. The third-order valence-corrected chi connectivity index (χ3v) is 4.74. The van der Waals surface area contributed by atoms with Crippen LogP contribution in [0, 0.1) is 11.3 Å². The van der Waals surface area contributed by atoms with Crippen LogP contribution >= 0.6 is 0 Å². The number of hydrogen-bond acceptors (Lipinski definition) is 1. The molecule has 1 nitrogen and oxygen atoms in total. The van der Waals surface area contributed by atoms with Crippen LogP contribution in [0.1, 0.15) is 37.8 Å². The van der Waals surface area contributed by atoms with Gasteiger partial charge in [0.05, 0.1) is 0 Å². The minimum atomic E-state index is 0.337. The maximum atomic E-state index is 4.38. The minimum absolute atomic E-state index is 0.337. The summed E-state index contributed by atoms with van der Waals surface area (Å²) in [5.74, 6) is 0.813. The lowest BCUT2D eigenvalue weighted by Gasteiger charge is -2.17. The molecule has 0 radical (unpaired) electrons. The third-order valence-electron chi connectivity index (χ3n) is 4.74. The van der Waals surface area contributed by atoms with Crippen molar-refractivity contribution in [2.75, 3.05) is 20.6 Å². The van der Waals surface area contributed by atoms with Gasteiger partial charge in [-0.25, -0.2) is 0 Å². The molecular weight excluding hydrogens is 230 g/mol. The number of rotatable bonds is 6. The van der Waals surface area contributed by atoms with E-state index in [1.165, 1.54) is 36.1 Å². The molecule has 0 heterocycles. The zero-order valence-corrected chi connectivity index (χ0v) is 12.9. The first-order valence-electron chi connectivity index (χ1n) is 7.40. The van der Waals surface area contributed by atoms with Gasteiger partial charge in [0, 0.05) is 0 Å². The van der Waals surface area contributed by atoms with Gasteiger partial charge in [-0.1, -0.05) is 44.7 Å². The fourth-order valence-corrected chi connectivity index (χ4v) is 2.93. The Morgan fingerprint density at radius 3 is 2.47 bits per heavy atom. The molecule has 2 atom stereocenters. The van der Waals surface area contributed by atoms with E-state index in [9.17, 15) is 0 Å². The van der Waals surface area contributed by atoms with Crippen LogP contribution in [0.4, 0.5) is 0 Å². The van der Waals surface area contributed by atoms with E-state index in [-0.39, 0.29) is 0 Å². The van der Waals surface area contributed by atoms with Crippen molar-refractivity contribution in [1.82, 2.24) is 4.90 Å². The smallest absolute Gasteiger partial charge is 0.00219 e. The lowest BCUT2D eigenvalue weighted by molar-refractivity contribution is 0.379. The van der Waals surface area contributed by atoms with Crippen molar-refractivity contribution >= 4 is 5.57 Å². The Morgan fingerprint density at radius 2 is 1.95 bits per heavy atom. The van der Waals surface area contributed by atoms with Crippen molar-refractivity contribution in [3.8, 4) is 0 Å². The Morgan fingerprint density at radius 1 is 1.32 bits per heavy atom. The first kappa shape index (κ1) is 14.3. The summed E-state index contributed by atoms with van der Waals surface area (Å²) in [4.78, 5) is 2.28. The fourth-order valence-electron chi connectivity index (χ4n) is 2.93. The monoisotopic (exact) mass is 257 g/mol. The van der Waals surface area contributed by atoms with Gasteiger partial charge in [0.25, 0.3) is 0 Å². The zero-order valence-electron chi connectivity index (χ0n) is 12.9. The van der Waals surface area contributed by atoms with Gasteiger partial charge in [-0.3, -0.25) is 0 Å². The highest BCUT2D eigenvalue weighted by molar-refractivity contribution is 5.71. The molecule has 2 rings (SSSR count). The molecule has 1 aromatic carbocycles. The lowest BCUT2D eigenvalue weighted by Crippen LogP contribution is -2.14. The average molecular weight is 257 g/mol. The van der Waals surface area contributed by atoms with Crippen molar-refractivity contribution in [1.29, 1.82) is 0 Å². The summed E-state index contributed by atoms with van der Waals surface area (Å²) in [5, 5.41) is 0. The molecule has 0 aromatic heterocycles. The first-order valence-corrected chi connectivity index (χ1v) is 7.40. The molecule has 0 spiro atoms. The molecule has 2 unspecified atom stereocenters. The van der Waals surface area contributed by atoms with E-state index in [1.54, 1.807) is 0 Å². The second-order valence-electron chi connectivity index (χ2n) is 6.44. The molecule has 104 valence electrons. The standard InChI is InChI=1S/C18H27N/c1-6-15-7-9-16(10-8-15)14(2)18(3)13-17(18)11-12-19(4)5/h7-10,17H,2,6,11-13H2,1,3-5H3. The van der Waals surface area contributed by atoms with E-state index in [2.05, 4.69) is 63.7 Å². The minimum Gasteiger partial charge on any atom is -0.309 e. The van der Waals surface area contributed by atoms with E-state index in [4.69, 9.17) is 0 Å². The summed E-state index contributed by atoms with van der Waals surface area (Å²) in [6.07, 6.45) is 3.69. The van der Waals surface area contributed by atoms with Gasteiger partial charge in [0.15, 0.2) is 0 Å². The summed E-state index contributed by atoms with van der Waals surface area (Å²) < 4.78 is 0. The largest absolute Gasteiger partial charge is 0.309 e. The maximum absolute atomic E-state index is 4.38. The predicted molar refractivity (Wildman–Crippen MR) is 84.2 cm³/mol. The highest BCUT2D eigenvalue weighted by Crippen LogP contribution is 2.61. The number of benzene rings is 1. The Bertz CT molecular complexity index is 443. The van der Waals surface area contributed by atoms with Crippen LogP contribution in [-0.4, -0.2) is 25.5 Å². The van der Waals surface area contributed by atoms with Crippen LogP contribution in [-0.2, 0) is 6.42 Å². The van der Waals surface area contributed by atoms with Gasteiger partial charge >= 0.3 is 0 Å². The van der Waals surface area contributed by atoms with Crippen LogP contribution in [0.5, 0.6) is 0 Å². The van der Waals surface area contributed by atoms with Crippen LogP contribution < -0.4 is 0 Å². The molecule has 1 heteroatoms. The fraction of sp³-hybridized carbons (Fsp3) is 0.556. The summed E-state index contributed by atoms with van der Waals surface area (Å²) in [5.41, 5.74) is 4.40. The summed E-state index contributed by atoms with van der Waals surface area (Å²) in [6, 6.07) is 8.96. The van der Waals surface area contributed by atoms with E-state index < -0.39 is 0 Å². The molecule has 19 heavy (non-hydrogen) atoms. The topological polar surface area (TPSA) is 3.24 Å². The molecule has 1 saturated carbocycles. The van der Waals surface area contributed by atoms with E-state index in [1.807, 2.05) is 0 Å². The number of allylic oxidation sites excluding steroid dienone is 1. The van der Waals surface area contributed by atoms with Gasteiger partial charge in [0.2, 0.25) is 0 Å². The Labute approximate surface area is 118 Å². The Balaban J connectivity index is 2.00. The average Bonchev–Trinajstić information content (AvgIpc) is 3.08. The third kappa shape index (κ3) is 3.09. The van der Waals surface area contributed by atoms with E-state index >= 15 is 0 Å². The maximum Gasteiger partial charge on any atom is -0.00219 e. The summed E-state index contributed by atoms with van der Waals surface area (Å²) in [6.45, 7) is 10.1. The highest BCUT2D eigenvalue weighted by atomic mass is 15.0. The van der Waals surface area contributed by atoms with Crippen molar-refractivity contribution in [2.24, 2.45) is 11.3 Å². The van der Waals surface area contributed by atoms with Gasteiger partial charge in [0.1, 0.15) is 0 Å². The number of aryl methyl sites for hydroxylation is 1. The second kappa shape index (κ2) is 5.50. The summed E-state index contributed by atoms with van der Waals surface area (Å²) >= 11 is 0. The van der Waals surface area contributed by atoms with E-state index in [0.29, 0.717) is 5.41 Å². The van der Waals surface area contributed by atoms with Crippen LogP contribution in [0.2, 0.25) is 0 Å². The molecule has 1 aliphatic carbocycles. The normalized spacial score (nSPS) is 25.6. The van der Waals surface area contributed by atoms with Crippen LogP contribution in [0.15, 0.2) is 30.8 Å². The second-order valence-corrected chi connectivity index (χ2v) is 6.44. The number of nitrogens with zero attached hydrogens (tertiary/aromatic N) is 1. The predicted octanol–water partition coefficient (Wildman–Crippen LogP) is 4.24. The van der Waals surface area contributed by atoms with E-state index in [0.717, 1.165) is 12.3 Å². The quantitative estimate of drug-likeness (QED) is 0.737. The molecule has 0 amide bonds.